The Morgan fingerprint density at radius 2 is 1.93 bits per heavy atom. The van der Waals surface area contributed by atoms with Crippen LogP contribution in [0.4, 0.5) is 0 Å². The molecule has 0 heterocycles. The first-order valence-electron chi connectivity index (χ1n) is 5.95. The summed E-state index contributed by atoms with van der Waals surface area (Å²) in [5.41, 5.74) is -0.136. The van der Waals surface area contributed by atoms with Gasteiger partial charge in [-0.25, -0.2) is 0 Å². The molecule has 1 saturated carbocycles. The second kappa shape index (κ2) is 5.50. The van der Waals surface area contributed by atoms with E-state index in [1.54, 1.807) is 0 Å². The first kappa shape index (κ1) is 12.5. The Bertz CT molecular complexity index is 208. The minimum Gasteiger partial charge on any atom is -0.481 e. The van der Waals surface area contributed by atoms with Gasteiger partial charge in [0.25, 0.3) is 0 Å². The molecular weight excluding hydrogens is 190 g/mol. The molecule has 0 radical (unpaired) electrons. The van der Waals surface area contributed by atoms with Crippen LogP contribution in [0.25, 0.3) is 0 Å². The van der Waals surface area contributed by atoms with Crippen molar-refractivity contribution >= 4 is 5.97 Å². The molecule has 3 heteroatoms. The molecule has 0 unspecified atom stereocenters. The largest absolute Gasteiger partial charge is 0.481 e. The predicted octanol–water partition coefficient (Wildman–Crippen LogP) is 2.41. The molecule has 0 aromatic carbocycles. The van der Waals surface area contributed by atoms with E-state index in [1.807, 2.05) is 13.8 Å². The van der Waals surface area contributed by atoms with E-state index in [-0.39, 0.29) is 11.8 Å². The maximum Gasteiger partial charge on any atom is 0.303 e. The lowest BCUT2D eigenvalue weighted by Gasteiger charge is -2.29. The van der Waals surface area contributed by atoms with E-state index in [0.29, 0.717) is 6.04 Å². The van der Waals surface area contributed by atoms with Gasteiger partial charge in [-0.05, 0) is 18.3 Å². The summed E-state index contributed by atoms with van der Waals surface area (Å²) in [7, 11) is 0. The number of carboxylic acid groups (broad SMARTS) is 1. The van der Waals surface area contributed by atoms with E-state index in [1.165, 1.54) is 32.1 Å². The quantitative estimate of drug-likeness (QED) is 0.737. The number of rotatable bonds is 5. The van der Waals surface area contributed by atoms with Crippen LogP contribution in [0.15, 0.2) is 0 Å². The zero-order chi connectivity index (χ0) is 11.3. The first-order valence-corrected chi connectivity index (χ1v) is 5.95. The zero-order valence-electron chi connectivity index (χ0n) is 9.88. The third-order valence-electron chi connectivity index (χ3n) is 3.10. The van der Waals surface area contributed by atoms with Crippen molar-refractivity contribution < 1.29 is 9.90 Å². The smallest absolute Gasteiger partial charge is 0.303 e. The Morgan fingerprint density at radius 1 is 1.33 bits per heavy atom. The standard InChI is InChI=1S/C12H23NO2/c1-12(2,8-11(14)15)9-13-10-6-4-3-5-7-10/h10,13H,3-9H2,1-2H3,(H,14,15). The third kappa shape index (κ3) is 5.17. The fourth-order valence-corrected chi connectivity index (χ4v) is 2.20. The second-order valence-electron chi connectivity index (χ2n) is 5.45. The minimum atomic E-state index is -0.703. The van der Waals surface area contributed by atoms with E-state index < -0.39 is 5.97 Å². The van der Waals surface area contributed by atoms with Crippen molar-refractivity contribution in [3.05, 3.63) is 0 Å². The van der Waals surface area contributed by atoms with Crippen LogP contribution in [0.2, 0.25) is 0 Å². The third-order valence-corrected chi connectivity index (χ3v) is 3.10. The van der Waals surface area contributed by atoms with Crippen LogP contribution in [0.5, 0.6) is 0 Å². The van der Waals surface area contributed by atoms with Gasteiger partial charge >= 0.3 is 5.97 Å². The average Bonchev–Trinajstić information content (AvgIpc) is 2.15. The van der Waals surface area contributed by atoms with E-state index in [2.05, 4.69) is 5.32 Å². The molecule has 0 bridgehead atoms. The van der Waals surface area contributed by atoms with Crippen molar-refractivity contribution in [3.8, 4) is 0 Å². The molecule has 3 nitrogen and oxygen atoms in total. The van der Waals surface area contributed by atoms with Crippen molar-refractivity contribution in [2.45, 2.75) is 58.4 Å². The number of aliphatic carboxylic acids is 1. The fraction of sp³-hybridized carbons (Fsp3) is 0.917. The molecule has 1 rings (SSSR count). The molecule has 2 N–H and O–H groups in total. The molecule has 0 amide bonds. The lowest BCUT2D eigenvalue weighted by Crippen LogP contribution is -2.39. The number of carbonyl (C=O) groups is 1. The Morgan fingerprint density at radius 3 is 2.47 bits per heavy atom. The van der Waals surface area contributed by atoms with Crippen molar-refractivity contribution in [2.24, 2.45) is 5.41 Å². The summed E-state index contributed by atoms with van der Waals surface area (Å²) in [6, 6.07) is 0.617. The van der Waals surface area contributed by atoms with Gasteiger partial charge in [0.05, 0.1) is 6.42 Å². The Hall–Kier alpha value is -0.570. The summed E-state index contributed by atoms with van der Waals surface area (Å²) in [4.78, 5) is 10.6. The molecule has 0 aromatic heterocycles. The minimum absolute atomic E-state index is 0.136. The highest BCUT2D eigenvalue weighted by atomic mass is 16.4. The van der Waals surface area contributed by atoms with Crippen LogP contribution in [-0.4, -0.2) is 23.7 Å². The predicted molar refractivity (Wildman–Crippen MR) is 60.9 cm³/mol. The average molecular weight is 213 g/mol. The molecular formula is C12H23NO2. The van der Waals surface area contributed by atoms with Crippen LogP contribution in [0, 0.1) is 5.41 Å². The molecule has 0 aliphatic heterocycles. The van der Waals surface area contributed by atoms with Gasteiger partial charge in [-0.3, -0.25) is 4.79 Å². The van der Waals surface area contributed by atoms with Gasteiger partial charge < -0.3 is 10.4 Å². The van der Waals surface area contributed by atoms with Gasteiger partial charge in [-0.2, -0.15) is 0 Å². The first-order chi connectivity index (χ1) is 6.99. The van der Waals surface area contributed by atoms with Crippen LogP contribution in [0.1, 0.15) is 52.4 Å². The Kier molecular flexibility index (Phi) is 4.58. The maximum absolute atomic E-state index is 10.6. The van der Waals surface area contributed by atoms with Gasteiger partial charge in [0.2, 0.25) is 0 Å². The molecule has 1 aliphatic rings. The van der Waals surface area contributed by atoms with Crippen LogP contribution < -0.4 is 5.32 Å². The summed E-state index contributed by atoms with van der Waals surface area (Å²) in [5, 5.41) is 12.3. The van der Waals surface area contributed by atoms with E-state index in [0.717, 1.165) is 6.54 Å². The van der Waals surface area contributed by atoms with Crippen LogP contribution >= 0.6 is 0 Å². The maximum atomic E-state index is 10.6. The molecule has 1 aliphatic carbocycles. The summed E-state index contributed by atoms with van der Waals surface area (Å²) < 4.78 is 0. The Labute approximate surface area is 92.3 Å². The highest BCUT2D eigenvalue weighted by Crippen LogP contribution is 2.22. The molecule has 88 valence electrons. The second-order valence-corrected chi connectivity index (χ2v) is 5.45. The summed E-state index contributed by atoms with van der Waals surface area (Å²) >= 11 is 0. The number of hydrogen-bond donors (Lipinski definition) is 2. The summed E-state index contributed by atoms with van der Waals surface area (Å²) in [6.07, 6.45) is 6.74. The highest BCUT2D eigenvalue weighted by Gasteiger charge is 2.23. The van der Waals surface area contributed by atoms with Gasteiger partial charge in [0.1, 0.15) is 0 Å². The molecule has 0 atom stereocenters. The van der Waals surface area contributed by atoms with Crippen molar-refractivity contribution in [2.75, 3.05) is 6.54 Å². The van der Waals surface area contributed by atoms with E-state index >= 15 is 0 Å². The van der Waals surface area contributed by atoms with Gasteiger partial charge in [0.15, 0.2) is 0 Å². The molecule has 0 saturated heterocycles. The van der Waals surface area contributed by atoms with Crippen molar-refractivity contribution in [1.29, 1.82) is 0 Å². The SMILES string of the molecule is CC(C)(CNC1CCCCC1)CC(=O)O. The zero-order valence-corrected chi connectivity index (χ0v) is 9.88. The molecule has 15 heavy (non-hydrogen) atoms. The molecule has 0 spiro atoms. The van der Waals surface area contributed by atoms with Crippen molar-refractivity contribution in [1.82, 2.24) is 5.32 Å². The van der Waals surface area contributed by atoms with E-state index in [9.17, 15) is 4.79 Å². The van der Waals surface area contributed by atoms with E-state index in [4.69, 9.17) is 5.11 Å². The fourth-order valence-electron chi connectivity index (χ4n) is 2.20. The summed E-state index contributed by atoms with van der Waals surface area (Å²) in [6.45, 7) is 4.83. The summed E-state index contributed by atoms with van der Waals surface area (Å²) in [5.74, 6) is -0.703. The van der Waals surface area contributed by atoms with Gasteiger partial charge in [0, 0.05) is 12.6 Å². The van der Waals surface area contributed by atoms with Gasteiger partial charge in [-0.15, -0.1) is 0 Å². The normalized spacial score (nSPS) is 19.1. The Balaban J connectivity index is 2.24. The number of nitrogens with one attached hydrogen (secondary N) is 1. The highest BCUT2D eigenvalue weighted by molar-refractivity contribution is 5.67. The molecule has 0 aromatic rings. The van der Waals surface area contributed by atoms with Crippen LogP contribution in [-0.2, 0) is 4.79 Å². The monoisotopic (exact) mass is 213 g/mol. The number of carboxylic acids is 1. The lowest BCUT2D eigenvalue weighted by molar-refractivity contribution is -0.139. The number of hydrogen-bond acceptors (Lipinski definition) is 2. The lowest BCUT2D eigenvalue weighted by atomic mass is 9.88. The van der Waals surface area contributed by atoms with Crippen molar-refractivity contribution in [3.63, 3.8) is 0 Å². The topological polar surface area (TPSA) is 49.3 Å². The molecule has 1 fully saturated rings. The van der Waals surface area contributed by atoms with Crippen LogP contribution in [0.3, 0.4) is 0 Å². The van der Waals surface area contributed by atoms with Gasteiger partial charge in [-0.1, -0.05) is 33.1 Å².